The van der Waals surface area contributed by atoms with Gasteiger partial charge in [-0.1, -0.05) is 81.4 Å². The molecular formula is C30H40NO7P. The number of nitrogens with zero attached hydrogens (tertiary/aromatic N) is 1. The summed E-state index contributed by atoms with van der Waals surface area (Å²) < 4.78 is 25.6. The van der Waals surface area contributed by atoms with E-state index in [9.17, 15) is 24.1 Å². The van der Waals surface area contributed by atoms with Crippen LogP contribution in [0, 0.1) is 5.92 Å². The van der Waals surface area contributed by atoms with E-state index < -0.39 is 43.7 Å². The van der Waals surface area contributed by atoms with Gasteiger partial charge in [0.2, 0.25) is 19.6 Å². The van der Waals surface area contributed by atoms with Gasteiger partial charge in [0.15, 0.2) is 0 Å². The molecule has 39 heavy (non-hydrogen) atoms. The van der Waals surface area contributed by atoms with Crippen molar-refractivity contribution in [3.63, 3.8) is 0 Å². The van der Waals surface area contributed by atoms with Gasteiger partial charge in [-0.15, -0.1) is 0 Å². The Labute approximate surface area is 231 Å². The third-order valence-corrected chi connectivity index (χ3v) is 9.33. The molecule has 0 radical (unpaired) electrons. The van der Waals surface area contributed by atoms with Crippen LogP contribution in [0.2, 0.25) is 0 Å². The number of esters is 1. The molecule has 1 saturated heterocycles. The lowest BCUT2D eigenvalue weighted by molar-refractivity contribution is -0.169. The predicted octanol–water partition coefficient (Wildman–Crippen LogP) is 5.71. The topological polar surface area (TPSA) is 110 Å². The molecule has 1 fully saturated rings. The van der Waals surface area contributed by atoms with Gasteiger partial charge in [0.1, 0.15) is 12.2 Å². The van der Waals surface area contributed by atoms with E-state index >= 15 is 0 Å². The Morgan fingerprint density at radius 2 is 1.67 bits per heavy atom. The maximum absolute atomic E-state index is 14.2. The molecule has 0 bridgehead atoms. The summed E-state index contributed by atoms with van der Waals surface area (Å²) in [5.41, 5.74) is 2.13. The van der Waals surface area contributed by atoms with Crippen LogP contribution in [0.3, 0.4) is 0 Å². The van der Waals surface area contributed by atoms with E-state index in [1.165, 1.54) is 4.90 Å². The second kappa shape index (κ2) is 14.4. The fraction of sp³-hybridized carbons (Fsp3) is 0.500. The number of aliphatic carboxylic acids is 1. The molecule has 2 aromatic rings. The standard InChI is InChI=1S/C30H40NO7P/c1-4-28(33)37-30(22(2)3)38-39(36,18-12-11-15-23-13-7-5-8-14-23)21-27(32)31-20-25(19-26(31)29(34)35)24-16-9-6-10-17-24/h5-10,13-14,16-17,22,25-26,30H,4,11-12,15,18-21H2,1-3H3,(H,34,35)/t25-,26+,30-,39?/m1/s1. The van der Waals surface area contributed by atoms with E-state index in [0.717, 1.165) is 24.0 Å². The minimum Gasteiger partial charge on any atom is -0.480 e. The molecule has 8 nitrogen and oxygen atoms in total. The lowest BCUT2D eigenvalue weighted by Gasteiger charge is -2.29. The van der Waals surface area contributed by atoms with Gasteiger partial charge in [-0.3, -0.25) is 18.7 Å². The highest BCUT2D eigenvalue weighted by atomic mass is 31.2. The van der Waals surface area contributed by atoms with Crippen LogP contribution in [0.4, 0.5) is 0 Å². The number of carboxylic acid groups (broad SMARTS) is 1. The van der Waals surface area contributed by atoms with Crippen LogP contribution >= 0.6 is 7.37 Å². The van der Waals surface area contributed by atoms with Crippen molar-refractivity contribution in [1.82, 2.24) is 4.90 Å². The van der Waals surface area contributed by atoms with Crippen LogP contribution in [0.25, 0.3) is 0 Å². The smallest absolute Gasteiger partial charge is 0.326 e. The van der Waals surface area contributed by atoms with Crippen molar-refractivity contribution >= 4 is 25.2 Å². The summed E-state index contributed by atoms with van der Waals surface area (Å²) in [6.45, 7) is 5.47. The Hall–Kier alpha value is -2.96. The molecule has 1 aliphatic rings. The molecule has 9 heteroatoms. The molecule has 2 aromatic carbocycles. The van der Waals surface area contributed by atoms with E-state index in [4.69, 9.17) is 9.26 Å². The number of aryl methyl sites for hydroxylation is 1. The van der Waals surface area contributed by atoms with Crippen LogP contribution in [0.5, 0.6) is 0 Å². The second-order valence-electron chi connectivity index (χ2n) is 10.4. The van der Waals surface area contributed by atoms with Crippen molar-refractivity contribution in [1.29, 1.82) is 0 Å². The largest absolute Gasteiger partial charge is 0.480 e. The highest BCUT2D eigenvalue weighted by Crippen LogP contribution is 2.51. The minimum atomic E-state index is -3.64. The van der Waals surface area contributed by atoms with Crippen molar-refractivity contribution < 1.29 is 33.3 Å². The highest BCUT2D eigenvalue weighted by Gasteiger charge is 2.43. The van der Waals surface area contributed by atoms with Gasteiger partial charge in [0, 0.05) is 31.0 Å². The number of benzene rings is 2. The lowest BCUT2D eigenvalue weighted by Crippen LogP contribution is -2.42. The average molecular weight is 558 g/mol. The van der Waals surface area contributed by atoms with Gasteiger partial charge in [-0.05, 0) is 36.8 Å². The number of unbranched alkanes of at least 4 members (excludes halogenated alkanes) is 1. The normalized spacial score (nSPS) is 19.4. The molecule has 1 unspecified atom stereocenters. The van der Waals surface area contributed by atoms with Gasteiger partial charge in [-0.25, -0.2) is 4.79 Å². The van der Waals surface area contributed by atoms with Crippen molar-refractivity contribution in [3.05, 3.63) is 71.8 Å². The van der Waals surface area contributed by atoms with E-state index in [-0.39, 0.29) is 37.4 Å². The quantitative estimate of drug-likeness (QED) is 0.137. The molecule has 0 aliphatic carbocycles. The zero-order valence-electron chi connectivity index (χ0n) is 23.0. The third kappa shape index (κ3) is 9.04. The summed E-state index contributed by atoms with van der Waals surface area (Å²) in [6, 6.07) is 18.4. The first-order valence-electron chi connectivity index (χ1n) is 13.7. The van der Waals surface area contributed by atoms with Crippen LogP contribution in [-0.2, 0) is 34.6 Å². The van der Waals surface area contributed by atoms with E-state index in [0.29, 0.717) is 6.42 Å². The summed E-state index contributed by atoms with van der Waals surface area (Å²) in [6.07, 6.45) is 1.14. The van der Waals surface area contributed by atoms with Crippen LogP contribution in [0.15, 0.2) is 60.7 Å². The maximum Gasteiger partial charge on any atom is 0.326 e. The number of amides is 1. The molecule has 0 spiro atoms. The number of carbonyl (C=O) groups is 3. The van der Waals surface area contributed by atoms with Crippen molar-refractivity contribution in [2.24, 2.45) is 5.92 Å². The molecule has 4 atom stereocenters. The molecule has 1 amide bonds. The van der Waals surface area contributed by atoms with Gasteiger partial charge >= 0.3 is 11.9 Å². The fourth-order valence-corrected chi connectivity index (χ4v) is 7.09. The average Bonchev–Trinajstić information content (AvgIpc) is 3.38. The monoisotopic (exact) mass is 557 g/mol. The van der Waals surface area contributed by atoms with Gasteiger partial charge in [0.05, 0.1) is 0 Å². The number of rotatable bonds is 14. The zero-order chi connectivity index (χ0) is 28.4. The van der Waals surface area contributed by atoms with Crippen LogP contribution < -0.4 is 0 Å². The maximum atomic E-state index is 14.2. The first-order chi connectivity index (χ1) is 18.6. The molecular weight excluding hydrogens is 517 g/mol. The second-order valence-corrected chi connectivity index (χ2v) is 13.0. The van der Waals surface area contributed by atoms with Gasteiger partial charge in [-0.2, -0.15) is 0 Å². The molecule has 0 aromatic heterocycles. The van der Waals surface area contributed by atoms with Gasteiger partial charge in [0.25, 0.3) is 0 Å². The van der Waals surface area contributed by atoms with Crippen LogP contribution in [0.1, 0.15) is 63.5 Å². The van der Waals surface area contributed by atoms with Gasteiger partial charge < -0.3 is 14.7 Å². The predicted molar refractivity (Wildman–Crippen MR) is 150 cm³/mol. The summed E-state index contributed by atoms with van der Waals surface area (Å²) in [5, 5.41) is 9.87. The third-order valence-electron chi connectivity index (χ3n) is 6.99. The highest BCUT2D eigenvalue weighted by molar-refractivity contribution is 7.59. The number of carbonyl (C=O) groups excluding carboxylic acids is 2. The Balaban J connectivity index is 1.76. The molecule has 1 N–H and O–H groups in total. The summed E-state index contributed by atoms with van der Waals surface area (Å²) >= 11 is 0. The van der Waals surface area contributed by atoms with Crippen LogP contribution in [-0.4, -0.2) is 59.1 Å². The summed E-state index contributed by atoms with van der Waals surface area (Å²) in [4.78, 5) is 39.0. The lowest BCUT2D eigenvalue weighted by atomic mass is 9.96. The molecule has 1 heterocycles. The number of hydrogen-bond acceptors (Lipinski definition) is 6. The number of likely N-dealkylation sites (tertiary alicyclic amines) is 1. The zero-order valence-corrected chi connectivity index (χ0v) is 23.9. The first-order valence-corrected chi connectivity index (χ1v) is 15.7. The van der Waals surface area contributed by atoms with Crippen molar-refractivity contribution in [2.45, 2.75) is 71.1 Å². The first kappa shape index (κ1) is 30.6. The Kier molecular flexibility index (Phi) is 11.3. The Morgan fingerprint density at radius 1 is 1.03 bits per heavy atom. The fourth-order valence-electron chi connectivity index (χ4n) is 4.79. The minimum absolute atomic E-state index is 0.128. The SMILES string of the molecule is CCC(=O)O[C@H](OP(=O)(CCCCc1ccccc1)CC(=O)N1C[C@H](c2ccccc2)C[C@H]1C(=O)O)C(C)C. The van der Waals surface area contributed by atoms with Crippen molar-refractivity contribution in [2.75, 3.05) is 18.9 Å². The van der Waals surface area contributed by atoms with E-state index in [1.807, 2.05) is 60.7 Å². The summed E-state index contributed by atoms with van der Waals surface area (Å²) in [5.74, 6) is -2.49. The number of ether oxygens (including phenoxy) is 1. The van der Waals surface area contributed by atoms with Crippen molar-refractivity contribution in [3.8, 4) is 0 Å². The van der Waals surface area contributed by atoms with E-state index in [1.54, 1.807) is 20.8 Å². The Bertz CT molecular complexity index is 1140. The molecule has 0 saturated carbocycles. The number of hydrogen-bond donors (Lipinski definition) is 1. The molecule has 3 rings (SSSR count). The Morgan fingerprint density at radius 3 is 2.26 bits per heavy atom. The molecule has 212 valence electrons. The molecule has 1 aliphatic heterocycles. The number of carboxylic acids is 1. The van der Waals surface area contributed by atoms with E-state index in [2.05, 4.69) is 0 Å². The summed E-state index contributed by atoms with van der Waals surface area (Å²) in [7, 11) is -3.64.